The van der Waals surface area contributed by atoms with Crippen LogP contribution < -0.4 is 11.1 Å². The number of amides is 2. The lowest BCUT2D eigenvalue weighted by atomic mass is 9.82. The molecule has 0 radical (unpaired) electrons. The molecule has 1 aromatic carbocycles. The molecule has 124 valence electrons. The van der Waals surface area contributed by atoms with E-state index in [1.807, 2.05) is 0 Å². The maximum Gasteiger partial charge on any atom is 0.257 e. The first-order chi connectivity index (χ1) is 10.8. The number of carbonyl (C=O) groups excluding carboxylic acids is 3. The summed E-state index contributed by atoms with van der Waals surface area (Å²) in [6.45, 7) is 0. The zero-order chi connectivity index (χ0) is 17.1. The van der Waals surface area contributed by atoms with Gasteiger partial charge >= 0.3 is 0 Å². The lowest BCUT2D eigenvalue weighted by Gasteiger charge is -2.28. The molecule has 1 aliphatic carbocycles. The number of benzene rings is 1. The topological polar surface area (TPSA) is 89.3 Å². The average molecular weight is 328 g/mol. The van der Waals surface area contributed by atoms with Crippen molar-refractivity contribution in [1.29, 1.82) is 0 Å². The number of nitrogens with one attached hydrogen (secondary N) is 1. The molecule has 0 heterocycles. The van der Waals surface area contributed by atoms with Crippen LogP contribution in [0.4, 0.5) is 13.2 Å². The number of Topliss-reactive ketones (excluding diaryl/α,β-unsaturated/α-hetero) is 1. The van der Waals surface area contributed by atoms with Crippen LogP contribution in [0.2, 0.25) is 0 Å². The van der Waals surface area contributed by atoms with Gasteiger partial charge in [0, 0.05) is 25.0 Å². The molecule has 0 bridgehead atoms. The first-order valence-electron chi connectivity index (χ1n) is 7.06. The number of halogens is 3. The van der Waals surface area contributed by atoms with Gasteiger partial charge in [0.15, 0.2) is 0 Å². The molecule has 0 spiro atoms. The third-order valence-corrected chi connectivity index (χ3v) is 3.82. The number of carbonyl (C=O) groups is 3. The Morgan fingerprint density at radius 1 is 1.22 bits per heavy atom. The molecule has 2 atom stereocenters. The van der Waals surface area contributed by atoms with Crippen molar-refractivity contribution in [2.45, 2.75) is 31.7 Å². The number of hydrogen-bond donors (Lipinski definition) is 2. The fourth-order valence-corrected chi connectivity index (χ4v) is 2.74. The van der Waals surface area contributed by atoms with E-state index in [2.05, 4.69) is 5.32 Å². The van der Waals surface area contributed by atoms with Crippen molar-refractivity contribution in [1.82, 2.24) is 5.32 Å². The van der Waals surface area contributed by atoms with Crippen LogP contribution in [0.5, 0.6) is 0 Å². The van der Waals surface area contributed by atoms with Crippen molar-refractivity contribution < 1.29 is 27.6 Å². The minimum Gasteiger partial charge on any atom is -0.368 e. The van der Waals surface area contributed by atoms with Crippen LogP contribution in [0.1, 0.15) is 36.0 Å². The molecule has 2 rings (SSSR count). The van der Waals surface area contributed by atoms with E-state index in [0.717, 1.165) is 0 Å². The molecular weight excluding hydrogens is 313 g/mol. The van der Waals surface area contributed by atoms with Crippen molar-refractivity contribution >= 4 is 17.6 Å². The second-order valence-corrected chi connectivity index (χ2v) is 5.49. The van der Waals surface area contributed by atoms with E-state index in [-0.39, 0.29) is 12.2 Å². The Morgan fingerprint density at radius 2 is 1.83 bits per heavy atom. The van der Waals surface area contributed by atoms with Gasteiger partial charge in [-0.3, -0.25) is 14.4 Å². The van der Waals surface area contributed by atoms with Gasteiger partial charge in [-0.1, -0.05) is 0 Å². The molecule has 0 unspecified atom stereocenters. The highest BCUT2D eigenvalue weighted by Gasteiger charge is 2.33. The van der Waals surface area contributed by atoms with E-state index in [0.29, 0.717) is 31.4 Å². The SMILES string of the molecule is NC(=O)[C@@H](NC(=O)c1c(F)cc(F)cc1F)[C@@H]1CCCC(=O)C1. The second kappa shape index (κ2) is 6.80. The fraction of sp³-hybridized carbons (Fsp3) is 0.400. The molecule has 3 N–H and O–H groups in total. The lowest BCUT2D eigenvalue weighted by molar-refractivity contribution is -0.124. The number of ketones is 1. The quantitative estimate of drug-likeness (QED) is 0.876. The Bertz CT molecular complexity index is 640. The summed E-state index contributed by atoms with van der Waals surface area (Å²) < 4.78 is 40.1. The van der Waals surface area contributed by atoms with Crippen molar-refractivity contribution in [2.24, 2.45) is 11.7 Å². The Kier molecular flexibility index (Phi) is 5.02. The molecule has 8 heteroatoms. The zero-order valence-corrected chi connectivity index (χ0v) is 12.1. The van der Waals surface area contributed by atoms with E-state index in [1.54, 1.807) is 0 Å². The van der Waals surface area contributed by atoms with Crippen molar-refractivity contribution in [3.63, 3.8) is 0 Å². The number of rotatable bonds is 4. The van der Waals surface area contributed by atoms with E-state index in [4.69, 9.17) is 5.73 Å². The molecule has 1 aliphatic rings. The Balaban J connectivity index is 2.22. The van der Waals surface area contributed by atoms with Crippen LogP contribution in [0, 0.1) is 23.4 Å². The van der Waals surface area contributed by atoms with E-state index < -0.39 is 46.8 Å². The van der Waals surface area contributed by atoms with Crippen LogP contribution in [0.3, 0.4) is 0 Å². The van der Waals surface area contributed by atoms with Crippen LogP contribution in [-0.2, 0) is 9.59 Å². The molecule has 1 aromatic rings. The lowest BCUT2D eigenvalue weighted by Crippen LogP contribution is -2.50. The van der Waals surface area contributed by atoms with Gasteiger partial charge in [0.05, 0.1) is 0 Å². The summed E-state index contributed by atoms with van der Waals surface area (Å²) in [6, 6.07) is -0.501. The summed E-state index contributed by atoms with van der Waals surface area (Å²) >= 11 is 0. The third kappa shape index (κ3) is 3.88. The van der Waals surface area contributed by atoms with Crippen LogP contribution >= 0.6 is 0 Å². The van der Waals surface area contributed by atoms with Gasteiger partial charge in [-0.05, 0) is 18.8 Å². The predicted octanol–water partition coefficient (Wildman–Crippen LogP) is 1.45. The summed E-state index contributed by atoms with van der Waals surface area (Å²) in [7, 11) is 0. The third-order valence-electron chi connectivity index (χ3n) is 3.82. The van der Waals surface area contributed by atoms with Gasteiger partial charge < -0.3 is 11.1 Å². The molecule has 1 saturated carbocycles. The molecule has 23 heavy (non-hydrogen) atoms. The van der Waals surface area contributed by atoms with Gasteiger partial charge in [0.1, 0.15) is 34.8 Å². The number of nitrogens with two attached hydrogens (primary N) is 1. The first-order valence-corrected chi connectivity index (χ1v) is 7.06. The van der Waals surface area contributed by atoms with Crippen molar-refractivity contribution in [3.05, 3.63) is 35.1 Å². The average Bonchev–Trinajstić information content (AvgIpc) is 2.43. The predicted molar refractivity (Wildman–Crippen MR) is 73.7 cm³/mol. The molecule has 0 saturated heterocycles. The standard InChI is InChI=1S/C15H15F3N2O3/c16-8-5-10(17)12(11(18)6-8)15(23)20-13(14(19)22)7-2-1-3-9(21)4-7/h5-7,13H,1-4H2,(H2,19,22)(H,20,23)/t7-,13+/m1/s1. The molecular formula is C15H15F3N2O3. The summed E-state index contributed by atoms with van der Waals surface area (Å²) in [5, 5.41) is 2.16. The summed E-state index contributed by atoms with van der Waals surface area (Å²) in [5.74, 6) is -6.65. The van der Waals surface area contributed by atoms with Crippen LogP contribution in [-0.4, -0.2) is 23.6 Å². The van der Waals surface area contributed by atoms with Gasteiger partial charge in [0.2, 0.25) is 5.91 Å². The minimum absolute atomic E-state index is 0.0578. The first kappa shape index (κ1) is 17.0. The Labute approximate surface area is 130 Å². The Hall–Kier alpha value is -2.38. The second-order valence-electron chi connectivity index (χ2n) is 5.49. The number of primary amides is 1. The fourth-order valence-electron chi connectivity index (χ4n) is 2.74. The van der Waals surface area contributed by atoms with Gasteiger partial charge in [-0.25, -0.2) is 13.2 Å². The monoisotopic (exact) mass is 328 g/mol. The highest BCUT2D eigenvalue weighted by atomic mass is 19.1. The van der Waals surface area contributed by atoms with Gasteiger partial charge in [-0.15, -0.1) is 0 Å². The highest BCUT2D eigenvalue weighted by molar-refractivity contribution is 5.98. The largest absolute Gasteiger partial charge is 0.368 e. The summed E-state index contributed by atoms with van der Waals surface area (Å²) in [6.07, 6.45) is 1.47. The van der Waals surface area contributed by atoms with Crippen molar-refractivity contribution in [3.8, 4) is 0 Å². The minimum atomic E-state index is -1.39. The van der Waals surface area contributed by atoms with Gasteiger partial charge in [0.25, 0.3) is 5.91 Å². The van der Waals surface area contributed by atoms with Crippen molar-refractivity contribution in [2.75, 3.05) is 0 Å². The number of hydrogen-bond acceptors (Lipinski definition) is 3. The summed E-state index contributed by atoms with van der Waals surface area (Å²) in [5.41, 5.74) is 4.23. The van der Waals surface area contributed by atoms with Gasteiger partial charge in [-0.2, -0.15) is 0 Å². The maximum absolute atomic E-state index is 13.6. The maximum atomic E-state index is 13.6. The van der Waals surface area contributed by atoms with Crippen LogP contribution in [0.15, 0.2) is 12.1 Å². The highest BCUT2D eigenvalue weighted by Crippen LogP contribution is 2.25. The normalized spacial score (nSPS) is 19.3. The molecule has 1 fully saturated rings. The molecule has 0 aromatic heterocycles. The van der Waals surface area contributed by atoms with E-state index in [1.165, 1.54) is 0 Å². The molecule has 5 nitrogen and oxygen atoms in total. The van der Waals surface area contributed by atoms with Crippen LogP contribution in [0.25, 0.3) is 0 Å². The molecule has 2 amide bonds. The Morgan fingerprint density at radius 3 is 2.35 bits per heavy atom. The molecule has 0 aliphatic heterocycles. The summed E-state index contributed by atoms with van der Waals surface area (Å²) in [4.78, 5) is 35.1. The van der Waals surface area contributed by atoms with E-state index >= 15 is 0 Å². The van der Waals surface area contributed by atoms with E-state index in [9.17, 15) is 27.6 Å². The zero-order valence-electron chi connectivity index (χ0n) is 12.1. The smallest absolute Gasteiger partial charge is 0.257 e.